The molecule has 0 bridgehead atoms. The number of benzene rings is 1. The molecule has 0 spiro atoms. The summed E-state index contributed by atoms with van der Waals surface area (Å²) in [7, 11) is -2.12. The third-order valence-electron chi connectivity index (χ3n) is 4.84. The zero-order chi connectivity index (χ0) is 17.9. The van der Waals surface area contributed by atoms with Crippen LogP contribution in [0.1, 0.15) is 12.8 Å². The fourth-order valence-electron chi connectivity index (χ4n) is 3.36. The van der Waals surface area contributed by atoms with Crippen LogP contribution in [0.4, 0.5) is 0 Å². The molecule has 0 N–H and O–H groups in total. The number of carbonyl (C=O) groups excluding carboxylic acids is 1. The number of nitrogens with zero attached hydrogens (tertiary/aromatic N) is 3. The summed E-state index contributed by atoms with van der Waals surface area (Å²) in [6, 6.07) is 6.66. The molecule has 1 amide bonds. The molecule has 0 radical (unpaired) electrons. The first kappa shape index (κ1) is 18.2. The van der Waals surface area contributed by atoms with Crippen LogP contribution >= 0.6 is 0 Å². The van der Waals surface area contributed by atoms with E-state index in [9.17, 15) is 13.2 Å². The molecule has 2 aliphatic heterocycles. The van der Waals surface area contributed by atoms with Crippen molar-refractivity contribution in [1.29, 1.82) is 0 Å². The van der Waals surface area contributed by atoms with Gasteiger partial charge in [-0.3, -0.25) is 9.69 Å². The molecule has 8 heteroatoms. The highest BCUT2D eigenvalue weighted by Gasteiger charge is 2.31. The monoisotopic (exact) mass is 367 g/mol. The van der Waals surface area contributed by atoms with Crippen molar-refractivity contribution in [3.8, 4) is 5.75 Å². The zero-order valence-corrected chi connectivity index (χ0v) is 15.4. The standard InChI is InChI=1S/C17H25N3O4S/c1-24-15-6-2-3-7-16(15)25(22,23)20-12-10-18(11-13-20)14-17(21)19-8-4-5-9-19/h2-3,6-7H,4-5,8-14H2,1H3. The van der Waals surface area contributed by atoms with E-state index in [1.54, 1.807) is 24.3 Å². The van der Waals surface area contributed by atoms with Crippen molar-refractivity contribution in [2.75, 3.05) is 52.9 Å². The molecule has 3 rings (SSSR count). The van der Waals surface area contributed by atoms with Crippen LogP contribution < -0.4 is 4.74 Å². The minimum Gasteiger partial charge on any atom is -0.495 e. The van der Waals surface area contributed by atoms with Crippen LogP contribution in [0.15, 0.2) is 29.2 Å². The van der Waals surface area contributed by atoms with Gasteiger partial charge in [0.2, 0.25) is 15.9 Å². The number of carbonyl (C=O) groups is 1. The number of ether oxygens (including phenoxy) is 1. The molecular formula is C17H25N3O4S. The molecule has 0 saturated carbocycles. The first-order valence-electron chi connectivity index (χ1n) is 8.65. The van der Waals surface area contributed by atoms with E-state index in [2.05, 4.69) is 0 Å². The van der Waals surface area contributed by atoms with Gasteiger partial charge >= 0.3 is 0 Å². The number of hydrogen-bond acceptors (Lipinski definition) is 5. The van der Waals surface area contributed by atoms with E-state index in [0.29, 0.717) is 38.5 Å². The maximum absolute atomic E-state index is 12.9. The molecule has 0 aliphatic carbocycles. The van der Waals surface area contributed by atoms with Crippen molar-refractivity contribution in [2.24, 2.45) is 0 Å². The maximum Gasteiger partial charge on any atom is 0.246 e. The molecule has 2 fully saturated rings. The second-order valence-electron chi connectivity index (χ2n) is 6.42. The van der Waals surface area contributed by atoms with Gasteiger partial charge in [-0.25, -0.2) is 8.42 Å². The third-order valence-corrected chi connectivity index (χ3v) is 6.77. The Balaban J connectivity index is 1.60. The Kier molecular flexibility index (Phi) is 5.61. The topological polar surface area (TPSA) is 70.2 Å². The number of amides is 1. The van der Waals surface area contributed by atoms with Gasteiger partial charge in [0, 0.05) is 39.3 Å². The van der Waals surface area contributed by atoms with Gasteiger partial charge in [-0.1, -0.05) is 12.1 Å². The van der Waals surface area contributed by atoms with E-state index in [0.717, 1.165) is 25.9 Å². The average Bonchev–Trinajstić information content (AvgIpc) is 3.17. The second-order valence-corrected chi connectivity index (χ2v) is 8.33. The fraction of sp³-hybridized carbons (Fsp3) is 0.588. The van der Waals surface area contributed by atoms with Crippen molar-refractivity contribution in [3.63, 3.8) is 0 Å². The summed E-state index contributed by atoms with van der Waals surface area (Å²) in [5.41, 5.74) is 0. The minimum absolute atomic E-state index is 0.151. The van der Waals surface area contributed by atoms with Crippen molar-refractivity contribution in [3.05, 3.63) is 24.3 Å². The van der Waals surface area contributed by atoms with Gasteiger partial charge in [0.25, 0.3) is 0 Å². The normalized spacial score (nSPS) is 20.0. The van der Waals surface area contributed by atoms with Gasteiger partial charge < -0.3 is 9.64 Å². The van der Waals surface area contributed by atoms with Crippen LogP contribution in [0.5, 0.6) is 5.75 Å². The van der Waals surface area contributed by atoms with Crippen molar-refractivity contribution < 1.29 is 17.9 Å². The maximum atomic E-state index is 12.9. The highest BCUT2D eigenvalue weighted by atomic mass is 32.2. The molecule has 0 atom stereocenters. The van der Waals surface area contributed by atoms with Crippen LogP contribution in [0.2, 0.25) is 0 Å². The summed E-state index contributed by atoms with van der Waals surface area (Å²) in [4.78, 5) is 16.4. The van der Waals surface area contributed by atoms with Crippen molar-refractivity contribution in [1.82, 2.24) is 14.1 Å². The van der Waals surface area contributed by atoms with Gasteiger partial charge in [0.15, 0.2) is 0 Å². The quantitative estimate of drug-likeness (QED) is 0.763. The molecule has 1 aromatic rings. The van der Waals surface area contributed by atoms with E-state index >= 15 is 0 Å². The summed E-state index contributed by atoms with van der Waals surface area (Å²) in [5.74, 6) is 0.507. The van der Waals surface area contributed by atoms with Crippen LogP contribution in [-0.4, -0.2) is 81.4 Å². The Morgan fingerprint density at radius 2 is 1.68 bits per heavy atom. The van der Waals surface area contributed by atoms with Gasteiger partial charge in [0.05, 0.1) is 13.7 Å². The van der Waals surface area contributed by atoms with Crippen LogP contribution in [0.25, 0.3) is 0 Å². The molecule has 1 aromatic carbocycles. The first-order valence-corrected chi connectivity index (χ1v) is 10.1. The van der Waals surface area contributed by atoms with Crippen LogP contribution in [0.3, 0.4) is 0 Å². The lowest BCUT2D eigenvalue weighted by molar-refractivity contribution is -0.131. The summed E-state index contributed by atoms with van der Waals surface area (Å²) >= 11 is 0. The van der Waals surface area contributed by atoms with E-state index < -0.39 is 10.0 Å². The molecule has 7 nitrogen and oxygen atoms in total. The van der Waals surface area contributed by atoms with Gasteiger partial charge in [-0.15, -0.1) is 0 Å². The van der Waals surface area contributed by atoms with E-state index in [-0.39, 0.29) is 10.8 Å². The van der Waals surface area contributed by atoms with E-state index in [4.69, 9.17) is 4.74 Å². The highest BCUT2D eigenvalue weighted by molar-refractivity contribution is 7.89. The number of hydrogen-bond donors (Lipinski definition) is 0. The minimum atomic E-state index is -3.59. The summed E-state index contributed by atoms with van der Waals surface area (Å²) in [5, 5.41) is 0. The SMILES string of the molecule is COc1ccccc1S(=O)(=O)N1CCN(CC(=O)N2CCCC2)CC1. The lowest BCUT2D eigenvalue weighted by atomic mass is 10.3. The predicted octanol–water partition coefficient (Wildman–Crippen LogP) is 0.624. The zero-order valence-electron chi connectivity index (χ0n) is 14.6. The van der Waals surface area contributed by atoms with Gasteiger partial charge in [-0.2, -0.15) is 4.31 Å². The van der Waals surface area contributed by atoms with Crippen molar-refractivity contribution in [2.45, 2.75) is 17.7 Å². The fourth-order valence-corrected chi connectivity index (χ4v) is 4.94. The lowest BCUT2D eigenvalue weighted by Gasteiger charge is -2.34. The summed E-state index contributed by atoms with van der Waals surface area (Å²) < 4.78 is 32.4. The first-order chi connectivity index (χ1) is 12.0. The van der Waals surface area contributed by atoms with Crippen LogP contribution in [-0.2, 0) is 14.8 Å². The number of sulfonamides is 1. The molecule has 0 unspecified atom stereocenters. The van der Waals surface area contributed by atoms with Gasteiger partial charge in [-0.05, 0) is 25.0 Å². The second kappa shape index (κ2) is 7.72. The molecule has 25 heavy (non-hydrogen) atoms. The number of rotatable bonds is 5. The lowest BCUT2D eigenvalue weighted by Crippen LogP contribution is -2.51. The number of methoxy groups -OCH3 is 1. The molecule has 2 heterocycles. The number of piperazine rings is 1. The molecule has 0 aromatic heterocycles. The van der Waals surface area contributed by atoms with E-state index in [1.807, 2.05) is 9.80 Å². The Labute approximate surface area is 149 Å². The Morgan fingerprint density at radius 1 is 1.04 bits per heavy atom. The smallest absolute Gasteiger partial charge is 0.246 e. The Bertz CT molecular complexity index is 708. The average molecular weight is 367 g/mol. The highest BCUT2D eigenvalue weighted by Crippen LogP contribution is 2.26. The summed E-state index contributed by atoms with van der Waals surface area (Å²) in [6.45, 7) is 3.97. The molecule has 2 saturated heterocycles. The predicted molar refractivity (Wildman–Crippen MR) is 94.0 cm³/mol. The summed E-state index contributed by atoms with van der Waals surface area (Å²) in [6.07, 6.45) is 2.16. The third kappa shape index (κ3) is 3.96. The largest absolute Gasteiger partial charge is 0.495 e. The van der Waals surface area contributed by atoms with Crippen molar-refractivity contribution >= 4 is 15.9 Å². The van der Waals surface area contributed by atoms with Gasteiger partial charge in [0.1, 0.15) is 10.6 Å². The van der Waals surface area contributed by atoms with E-state index in [1.165, 1.54) is 11.4 Å². The number of likely N-dealkylation sites (tertiary alicyclic amines) is 1. The molecule has 138 valence electrons. The number of para-hydroxylation sites is 1. The molecular weight excluding hydrogens is 342 g/mol. The molecule has 2 aliphatic rings. The van der Waals surface area contributed by atoms with Crippen LogP contribution in [0, 0.1) is 0 Å². The Morgan fingerprint density at radius 3 is 2.32 bits per heavy atom. The Hall–Kier alpha value is -1.64.